The van der Waals surface area contributed by atoms with Crippen LogP contribution >= 0.6 is 0 Å². The van der Waals surface area contributed by atoms with Crippen LogP contribution in [-0.4, -0.2) is 93.6 Å². The summed E-state index contributed by atoms with van der Waals surface area (Å²) in [4.78, 5) is 48.8. The fourth-order valence-electron chi connectivity index (χ4n) is 8.23. The predicted molar refractivity (Wildman–Crippen MR) is 155 cm³/mol. The molecule has 3 unspecified atom stereocenters. The van der Waals surface area contributed by atoms with E-state index in [9.17, 15) is 19.5 Å². The third-order valence-corrected chi connectivity index (χ3v) is 10.2. The number of unbranched alkanes of at least 4 members (excludes halogenated alkanes) is 2. The Hall–Kier alpha value is -2.19. The fourth-order valence-corrected chi connectivity index (χ4v) is 8.23. The average molecular weight is 558 g/mol. The smallest absolute Gasteiger partial charge is 0.248 e. The Kier molecular flexibility index (Phi) is 9.82. The van der Waals surface area contributed by atoms with E-state index in [1.54, 1.807) is 22.0 Å². The van der Waals surface area contributed by atoms with Gasteiger partial charge in [0.25, 0.3) is 0 Å². The van der Waals surface area contributed by atoms with E-state index < -0.39 is 29.1 Å². The summed E-state index contributed by atoms with van der Waals surface area (Å²) in [6.07, 6.45) is 12.3. The highest BCUT2D eigenvalue weighted by Crippen LogP contribution is 2.65. The molecule has 4 aliphatic rings. The number of rotatable bonds is 14. The molecule has 0 aromatic rings. The minimum atomic E-state index is -1.03. The van der Waals surface area contributed by atoms with Crippen molar-refractivity contribution in [1.29, 1.82) is 0 Å². The van der Waals surface area contributed by atoms with Crippen molar-refractivity contribution in [2.24, 2.45) is 17.8 Å². The molecule has 1 aliphatic carbocycles. The lowest BCUT2D eigenvalue weighted by Crippen LogP contribution is -2.58. The number of carbonyl (C=O) groups excluding carboxylic acids is 3. The van der Waals surface area contributed by atoms with Crippen LogP contribution in [0.2, 0.25) is 0 Å². The number of aliphatic hydroxyl groups excluding tert-OH is 1. The molecule has 4 rings (SSSR count). The van der Waals surface area contributed by atoms with Gasteiger partial charge in [0.15, 0.2) is 0 Å². The zero-order chi connectivity index (χ0) is 29.1. The van der Waals surface area contributed by atoms with Gasteiger partial charge < -0.3 is 24.5 Å². The second kappa shape index (κ2) is 12.8. The van der Waals surface area contributed by atoms with Gasteiger partial charge in [-0.2, -0.15) is 0 Å². The van der Waals surface area contributed by atoms with Gasteiger partial charge in [0, 0.05) is 38.8 Å². The number of ether oxygens (including phenoxy) is 1. The van der Waals surface area contributed by atoms with E-state index in [2.05, 4.69) is 20.1 Å². The van der Waals surface area contributed by atoms with Crippen molar-refractivity contribution in [2.75, 3.05) is 32.8 Å². The lowest BCUT2D eigenvalue weighted by atomic mass is 9.62. The highest BCUT2D eigenvalue weighted by atomic mass is 16.5. The minimum absolute atomic E-state index is 0.0184. The molecule has 8 nitrogen and oxygen atoms in total. The Morgan fingerprint density at radius 3 is 2.42 bits per heavy atom. The molecule has 3 amide bonds. The molecule has 1 spiro atoms. The van der Waals surface area contributed by atoms with E-state index in [4.69, 9.17) is 4.74 Å². The number of carbonyl (C=O) groups is 3. The summed E-state index contributed by atoms with van der Waals surface area (Å²) in [5.74, 6) is -1.58. The first-order chi connectivity index (χ1) is 19.2. The molecule has 3 aliphatic heterocycles. The molecule has 1 N–H and O–H groups in total. The molecular weight excluding hydrogens is 506 g/mol. The van der Waals surface area contributed by atoms with Crippen LogP contribution in [0.3, 0.4) is 0 Å². The number of likely N-dealkylation sites (tertiary alicyclic amines) is 1. The van der Waals surface area contributed by atoms with Gasteiger partial charge in [0.05, 0.1) is 17.4 Å². The van der Waals surface area contributed by atoms with Crippen LogP contribution < -0.4 is 0 Å². The van der Waals surface area contributed by atoms with E-state index in [0.717, 1.165) is 38.5 Å². The first kappa shape index (κ1) is 30.8. The maximum atomic E-state index is 14.7. The Morgan fingerprint density at radius 1 is 1.10 bits per heavy atom. The molecule has 3 heterocycles. The Morgan fingerprint density at radius 2 is 1.80 bits per heavy atom. The van der Waals surface area contributed by atoms with Gasteiger partial charge in [-0.1, -0.05) is 45.3 Å². The van der Waals surface area contributed by atoms with Gasteiger partial charge in [0.2, 0.25) is 17.7 Å². The van der Waals surface area contributed by atoms with Gasteiger partial charge in [0.1, 0.15) is 11.6 Å². The summed E-state index contributed by atoms with van der Waals surface area (Å²) in [5.41, 5.74) is -1.85. The number of nitrogens with zero attached hydrogens (tertiary/aromatic N) is 3. The summed E-state index contributed by atoms with van der Waals surface area (Å²) in [7, 11) is 0. The lowest BCUT2D eigenvalue weighted by Gasteiger charge is -2.41. The van der Waals surface area contributed by atoms with E-state index in [1.165, 1.54) is 6.42 Å². The molecule has 0 radical (unpaired) electrons. The first-order valence-corrected chi connectivity index (χ1v) is 15.6. The maximum Gasteiger partial charge on any atom is 0.248 e. The summed E-state index contributed by atoms with van der Waals surface area (Å²) < 4.78 is 6.95. The zero-order valence-corrected chi connectivity index (χ0v) is 25.0. The number of amides is 3. The fraction of sp³-hybridized carbons (Fsp3) is 0.781. The predicted octanol–water partition coefficient (Wildman–Crippen LogP) is 3.93. The van der Waals surface area contributed by atoms with Crippen LogP contribution in [0.15, 0.2) is 25.3 Å². The molecular formula is C32H51N3O5. The van der Waals surface area contributed by atoms with Gasteiger partial charge >= 0.3 is 0 Å². The summed E-state index contributed by atoms with van der Waals surface area (Å²) in [6.45, 7) is 15.9. The SMILES string of the molecule is C=CCN(CCC)C(=O)[C@@H]1[C@H]2C(=O)N(CCCCCO)C(C(=O)N(CC=C)C3CCCCC3)C23CC(C)[C@@]1(C)O3. The highest BCUT2D eigenvalue weighted by Gasteiger charge is 2.80. The van der Waals surface area contributed by atoms with E-state index in [-0.39, 0.29) is 36.3 Å². The number of fused-ring (bicyclic) bond motifs is 1. The molecule has 6 atom stereocenters. The minimum Gasteiger partial charge on any atom is -0.396 e. The molecule has 224 valence electrons. The molecule has 40 heavy (non-hydrogen) atoms. The highest BCUT2D eigenvalue weighted by molar-refractivity contribution is 5.99. The summed E-state index contributed by atoms with van der Waals surface area (Å²) in [6, 6.07) is -0.639. The van der Waals surface area contributed by atoms with Crippen molar-refractivity contribution in [2.45, 2.75) is 108 Å². The van der Waals surface area contributed by atoms with Crippen LogP contribution in [0, 0.1) is 17.8 Å². The largest absolute Gasteiger partial charge is 0.396 e. The van der Waals surface area contributed by atoms with Gasteiger partial charge in [-0.3, -0.25) is 14.4 Å². The molecule has 3 saturated heterocycles. The Balaban J connectivity index is 1.76. The van der Waals surface area contributed by atoms with E-state index >= 15 is 0 Å². The van der Waals surface area contributed by atoms with Crippen molar-refractivity contribution >= 4 is 17.7 Å². The van der Waals surface area contributed by atoms with E-state index in [0.29, 0.717) is 45.4 Å². The number of aliphatic hydroxyl groups is 1. The third-order valence-electron chi connectivity index (χ3n) is 10.2. The van der Waals surface area contributed by atoms with Crippen LogP contribution in [-0.2, 0) is 19.1 Å². The molecule has 1 saturated carbocycles. The van der Waals surface area contributed by atoms with E-state index in [1.807, 2.05) is 18.7 Å². The number of hydrogen-bond donors (Lipinski definition) is 1. The average Bonchev–Trinajstić information content (AvgIpc) is 3.45. The Labute approximate surface area is 240 Å². The Bertz CT molecular complexity index is 964. The quantitative estimate of drug-likeness (QED) is 0.258. The molecule has 4 fully saturated rings. The summed E-state index contributed by atoms with van der Waals surface area (Å²) in [5, 5.41) is 9.32. The van der Waals surface area contributed by atoms with Crippen molar-refractivity contribution < 1.29 is 24.2 Å². The van der Waals surface area contributed by atoms with Crippen molar-refractivity contribution in [3.05, 3.63) is 25.3 Å². The zero-order valence-electron chi connectivity index (χ0n) is 25.0. The van der Waals surface area contributed by atoms with Gasteiger partial charge in [-0.15, -0.1) is 13.2 Å². The first-order valence-electron chi connectivity index (χ1n) is 15.6. The molecule has 2 bridgehead atoms. The second-order valence-electron chi connectivity index (χ2n) is 12.7. The monoisotopic (exact) mass is 557 g/mol. The van der Waals surface area contributed by atoms with Crippen LogP contribution in [0.1, 0.15) is 85.0 Å². The van der Waals surface area contributed by atoms with Crippen LogP contribution in [0.4, 0.5) is 0 Å². The molecule has 0 aromatic carbocycles. The second-order valence-corrected chi connectivity index (χ2v) is 12.7. The topological polar surface area (TPSA) is 90.4 Å². The van der Waals surface area contributed by atoms with Crippen molar-refractivity contribution in [3.63, 3.8) is 0 Å². The molecule has 0 aromatic heterocycles. The van der Waals surface area contributed by atoms with Gasteiger partial charge in [-0.05, 0) is 57.8 Å². The van der Waals surface area contributed by atoms with Gasteiger partial charge in [-0.25, -0.2) is 0 Å². The van der Waals surface area contributed by atoms with Crippen LogP contribution in [0.25, 0.3) is 0 Å². The van der Waals surface area contributed by atoms with Crippen LogP contribution in [0.5, 0.6) is 0 Å². The standard InChI is InChI=1S/C32H51N3O5/c1-6-17-33(18-7-2)28(37)25-26-29(38)35(20-13-10-14-21-36)27(32(26)22-23(4)31(25,5)40-32)30(39)34(19-8-3)24-15-11-9-12-16-24/h6,8,23-27,36H,1,3,7,9-22H2,2,4-5H3/t23?,25-,26-,27?,31+,32?/m0/s1. The summed E-state index contributed by atoms with van der Waals surface area (Å²) >= 11 is 0. The normalized spacial score (nSPS) is 33.2. The maximum absolute atomic E-state index is 14.7. The number of hydrogen-bond acceptors (Lipinski definition) is 5. The van der Waals surface area contributed by atoms with Crippen molar-refractivity contribution in [1.82, 2.24) is 14.7 Å². The van der Waals surface area contributed by atoms with Crippen molar-refractivity contribution in [3.8, 4) is 0 Å². The third kappa shape index (κ3) is 5.15. The molecule has 8 heteroatoms. The lowest BCUT2D eigenvalue weighted by molar-refractivity contribution is -0.156.